The predicted octanol–water partition coefficient (Wildman–Crippen LogP) is 3.90. The highest BCUT2D eigenvalue weighted by Gasteiger charge is 2.13. The highest BCUT2D eigenvalue weighted by atomic mass is 16.5. The fraction of sp³-hybridized carbons (Fsp3) is 0.150. The van der Waals surface area contributed by atoms with E-state index in [2.05, 4.69) is 17.1 Å². The molecule has 0 radical (unpaired) electrons. The summed E-state index contributed by atoms with van der Waals surface area (Å²) in [6, 6.07) is 23.8. The Morgan fingerprint density at radius 2 is 1.61 bits per heavy atom. The number of nitrogens with two attached hydrogens (primary N) is 1. The van der Waals surface area contributed by atoms with Crippen LogP contribution in [0.2, 0.25) is 0 Å². The molecule has 0 spiro atoms. The molecule has 3 rings (SSSR count). The zero-order chi connectivity index (χ0) is 15.9. The van der Waals surface area contributed by atoms with Crippen molar-refractivity contribution < 1.29 is 4.74 Å². The summed E-state index contributed by atoms with van der Waals surface area (Å²) in [6.45, 7) is 0.536. The summed E-state index contributed by atoms with van der Waals surface area (Å²) in [5.74, 6) is 0.833. The van der Waals surface area contributed by atoms with E-state index in [4.69, 9.17) is 10.5 Å². The Kier molecular flexibility index (Phi) is 5.02. The zero-order valence-electron chi connectivity index (χ0n) is 12.9. The summed E-state index contributed by atoms with van der Waals surface area (Å²) in [5, 5.41) is 0. The van der Waals surface area contributed by atoms with Crippen LogP contribution in [0.5, 0.6) is 5.75 Å². The number of aromatic nitrogens is 1. The first-order valence-electron chi connectivity index (χ1n) is 7.74. The molecule has 2 N–H and O–H groups in total. The van der Waals surface area contributed by atoms with Gasteiger partial charge in [-0.1, -0.05) is 54.6 Å². The molecule has 1 heterocycles. The van der Waals surface area contributed by atoms with Crippen molar-refractivity contribution >= 4 is 0 Å². The zero-order valence-corrected chi connectivity index (χ0v) is 12.9. The van der Waals surface area contributed by atoms with Gasteiger partial charge in [-0.2, -0.15) is 0 Å². The highest BCUT2D eigenvalue weighted by molar-refractivity contribution is 5.36. The van der Waals surface area contributed by atoms with Gasteiger partial charge in [0.1, 0.15) is 12.4 Å². The maximum Gasteiger partial charge on any atom is 0.124 e. The van der Waals surface area contributed by atoms with Gasteiger partial charge in [0.25, 0.3) is 0 Å². The monoisotopic (exact) mass is 304 g/mol. The first kappa shape index (κ1) is 15.3. The number of pyridine rings is 1. The molecule has 0 saturated heterocycles. The van der Waals surface area contributed by atoms with Crippen LogP contribution >= 0.6 is 0 Å². The second-order valence-corrected chi connectivity index (χ2v) is 5.44. The average molecular weight is 304 g/mol. The topological polar surface area (TPSA) is 48.1 Å². The van der Waals surface area contributed by atoms with Crippen LogP contribution in [0.3, 0.4) is 0 Å². The van der Waals surface area contributed by atoms with Gasteiger partial charge in [-0.25, -0.2) is 0 Å². The lowest BCUT2D eigenvalue weighted by atomic mass is 10.0. The molecule has 0 saturated carbocycles. The van der Waals surface area contributed by atoms with E-state index in [0.29, 0.717) is 13.0 Å². The number of rotatable bonds is 6. The lowest BCUT2D eigenvalue weighted by Gasteiger charge is -2.17. The van der Waals surface area contributed by atoms with Gasteiger partial charge in [-0.3, -0.25) is 4.98 Å². The van der Waals surface area contributed by atoms with Gasteiger partial charge in [0.05, 0.1) is 0 Å². The summed E-state index contributed by atoms with van der Waals surface area (Å²) < 4.78 is 5.98. The molecule has 116 valence electrons. The summed E-state index contributed by atoms with van der Waals surface area (Å²) in [6.07, 6.45) is 2.48. The molecule has 1 unspecified atom stereocenters. The number of para-hydroxylation sites is 1. The van der Waals surface area contributed by atoms with Gasteiger partial charge >= 0.3 is 0 Å². The Hall–Kier alpha value is -2.65. The fourth-order valence-corrected chi connectivity index (χ4v) is 2.51. The minimum Gasteiger partial charge on any atom is -0.489 e. The van der Waals surface area contributed by atoms with Crippen molar-refractivity contribution in [3.05, 3.63) is 95.8 Å². The summed E-state index contributed by atoms with van der Waals surface area (Å²) in [4.78, 5) is 4.35. The third-order valence-electron chi connectivity index (χ3n) is 3.71. The number of benzene rings is 2. The molecule has 3 nitrogen and oxygen atoms in total. The number of nitrogens with zero attached hydrogens (tertiary/aromatic N) is 1. The van der Waals surface area contributed by atoms with Crippen molar-refractivity contribution in [3.63, 3.8) is 0 Å². The van der Waals surface area contributed by atoms with E-state index in [1.54, 1.807) is 6.20 Å². The van der Waals surface area contributed by atoms with Crippen molar-refractivity contribution in [2.75, 3.05) is 0 Å². The van der Waals surface area contributed by atoms with E-state index in [-0.39, 0.29) is 6.04 Å². The molecule has 1 aromatic heterocycles. The van der Waals surface area contributed by atoms with Gasteiger partial charge < -0.3 is 10.5 Å². The molecule has 0 amide bonds. The van der Waals surface area contributed by atoms with Crippen molar-refractivity contribution in [2.24, 2.45) is 5.73 Å². The molecule has 2 aromatic carbocycles. The van der Waals surface area contributed by atoms with Gasteiger partial charge in [0.15, 0.2) is 0 Å². The Labute approximate surface area is 136 Å². The van der Waals surface area contributed by atoms with Crippen LogP contribution in [0, 0.1) is 0 Å². The fourth-order valence-electron chi connectivity index (χ4n) is 2.51. The van der Waals surface area contributed by atoms with Crippen LogP contribution < -0.4 is 10.5 Å². The summed E-state index contributed by atoms with van der Waals surface area (Å²) in [5.41, 5.74) is 9.51. The molecule has 3 aromatic rings. The van der Waals surface area contributed by atoms with Crippen LogP contribution in [-0.2, 0) is 13.0 Å². The number of hydrogen-bond donors (Lipinski definition) is 1. The van der Waals surface area contributed by atoms with E-state index in [1.165, 1.54) is 0 Å². The van der Waals surface area contributed by atoms with E-state index in [1.807, 2.05) is 60.7 Å². The van der Waals surface area contributed by atoms with Gasteiger partial charge in [0.2, 0.25) is 0 Å². The van der Waals surface area contributed by atoms with E-state index < -0.39 is 0 Å². The summed E-state index contributed by atoms with van der Waals surface area (Å²) >= 11 is 0. The molecule has 0 aliphatic heterocycles. The van der Waals surface area contributed by atoms with Crippen LogP contribution in [0.1, 0.15) is 22.9 Å². The molecule has 23 heavy (non-hydrogen) atoms. The van der Waals surface area contributed by atoms with E-state index in [9.17, 15) is 0 Å². The largest absolute Gasteiger partial charge is 0.489 e. The molecule has 3 heteroatoms. The molecule has 1 atom stereocenters. The predicted molar refractivity (Wildman–Crippen MR) is 92.1 cm³/mol. The first-order chi connectivity index (χ1) is 11.3. The summed E-state index contributed by atoms with van der Waals surface area (Å²) in [7, 11) is 0. The smallest absolute Gasteiger partial charge is 0.124 e. The molecule has 0 aliphatic carbocycles. The third kappa shape index (κ3) is 4.18. The third-order valence-corrected chi connectivity index (χ3v) is 3.71. The van der Waals surface area contributed by atoms with Gasteiger partial charge in [0, 0.05) is 29.9 Å². The highest BCUT2D eigenvalue weighted by Crippen LogP contribution is 2.26. The van der Waals surface area contributed by atoms with Crippen LogP contribution in [0.25, 0.3) is 0 Å². The molecular formula is C20H20N2O. The maximum atomic E-state index is 6.38. The molecular weight excluding hydrogens is 284 g/mol. The van der Waals surface area contributed by atoms with Crippen molar-refractivity contribution in [3.8, 4) is 5.75 Å². The second-order valence-electron chi connectivity index (χ2n) is 5.44. The first-order valence-corrected chi connectivity index (χ1v) is 7.74. The lowest BCUT2D eigenvalue weighted by Crippen LogP contribution is -2.15. The molecule has 0 fully saturated rings. The number of ether oxygens (including phenoxy) is 1. The van der Waals surface area contributed by atoms with Crippen LogP contribution in [0.4, 0.5) is 0 Å². The minimum atomic E-state index is -0.142. The molecule has 0 bridgehead atoms. The minimum absolute atomic E-state index is 0.142. The standard InChI is InChI=1S/C20H20N2O/c21-19(14-17-10-6-7-13-22-17)18-11-4-5-12-20(18)23-15-16-8-2-1-3-9-16/h1-13,19H,14-15,21H2. The Balaban J connectivity index is 1.72. The normalized spacial score (nSPS) is 11.9. The Morgan fingerprint density at radius 3 is 2.39 bits per heavy atom. The van der Waals surface area contributed by atoms with Crippen molar-refractivity contribution in [1.29, 1.82) is 0 Å². The lowest BCUT2D eigenvalue weighted by molar-refractivity contribution is 0.301. The van der Waals surface area contributed by atoms with Crippen molar-refractivity contribution in [1.82, 2.24) is 4.98 Å². The second kappa shape index (κ2) is 7.56. The van der Waals surface area contributed by atoms with Crippen molar-refractivity contribution in [2.45, 2.75) is 19.1 Å². The quantitative estimate of drug-likeness (QED) is 0.751. The van der Waals surface area contributed by atoms with Gasteiger partial charge in [-0.05, 0) is 23.8 Å². The van der Waals surface area contributed by atoms with E-state index in [0.717, 1.165) is 22.6 Å². The maximum absolute atomic E-state index is 6.38. The van der Waals surface area contributed by atoms with Gasteiger partial charge in [-0.15, -0.1) is 0 Å². The Bertz CT molecular complexity index is 729. The Morgan fingerprint density at radius 1 is 0.870 bits per heavy atom. The molecule has 0 aliphatic rings. The van der Waals surface area contributed by atoms with Crippen LogP contribution in [0.15, 0.2) is 79.0 Å². The van der Waals surface area contributed by atoms with Crippen LogP contribution in [-0.4, -0.2) is 4.98 Å². The average Bonchev–Trinajstić information content (AvgIpc) is 2.62. The number of hydrogen-bond acceptors (Lipinski definition) is 3. The van der Waals surface area contributed by atoms with E-state index >= 15 is 0 Å². The SMILES string of the molecule is NC(Cc1ccccn1)c1ccccc1OCc1ccccc1.